The maximum Gasteiger partial charge on any atom is 0.276 e. The van der Waals surface area contributed by atoms with Crippen LogP contribution in [0.1, 0.15) is 6.92 Å². The Morgan fingerprint density at radius 1 is 1.56 bits per heavy atom. The van der Waals surface area contributed by atoms with Crippen molar-refractivity contribution in [2.45, 2.75) is 12.8 Å². The van der Waals surface area contributed by atoms with Crippen molar-refractivity contribution in [1.82, 2.24) is 4.98 Å². The highest BCUT2D eigenvalue weighted by atomic mass is 19.3. The maximum absolute atomic E-state index is 12.9. The van der Waals surface area contributed by atoms with Gasteiger partial charge in [0.25, 0.3) is 5.92 Å². The van der Waals surface area contributed by atoms with Crippen LogP contribution >= 0.6 is 0 Å². The molecule has 0 aliphatic heterocycles. The Morgan fingerprint density at radius 3 is 2.94 bits per heavy atom. The predicted molar refractivity (Wildman–Crippen MR) is 57.9 cm³/mol. The molecule has 0 atom stereocenters. The number of alkyl halides is 2. The Kier molecular flexibility index (Phi) is 4.42. The summed E-state index contributed by atoms with van der Waals surface area (Å²) in [4.78, 5) is 3.92. The van der Waals surface area contributed by atoms with Crippen LogP contribution in [0.2, 0.25) is 0 Å². The molecule has 1 aromatic heterocycles. The van der Waals surface area contributed by atoms with Gasteiger partial charge in [0.05, 0.1) is 19.7 Å². The molecule has 0 saturated heterocycles. The lowest BCUT2D eigenvalue weighted by Crippen LogP contribution is -2.35. The molecule has 0 unspecified atom stereocenters. The molecule has 0 aromatic carbocycles. The lowest BCUT2D eigenvalue weighted by Gasteiger charge is -2.16. The van der Waals surface area contributed by atoms with E-state index in [4.69, 9.17) is 10.5 Å². The third-order valence-electron chi connectivity index (χ3n) is 1.88. The number of pyridine rings is 1. The second-order valence-corrected chi connectivity index (χ2v) is 3.20. The monoisotopic (exact) mass is 231 g/mol. The average Bonchev–Trinajstić information content (AvgIpc) is 2.28. The number of anilines is 1. The van der Waals surface area contributed by atoms with Crippen molar-refractivity contribution in [1.29, 1.82) is 0 Å². The van der Waals surface area contributed by atoms with E-state index in [-0.39, 0.29) is 0 Å². The lowest BCUT2D eigenvalue weighted by atomic mass is 10.3. The summed E-state index contributed by atoms with van der Waals surface area (Å²) >= 11 is 0. The van der Waals surface area contributed by atoms with Crippen LogP contribution in [0.25, 0.3) is 0 Å². The highest BCUT2D eigenvalue weighted by Crippen LogP contribution is 2.22. The fourth-order valence-electron chi connectivity index (χ4n) is 1.08. The van der Waals surface area contributed by atoms with Crippen LogP contribution in [0.3, 0.4) is 0 Å². The van der Waals surface area contributed by atoms with Crippen molar-refractivity contribution in [2.75, 3.05) is 25.0 Å². The molecule has 0 aliphatic rings. The summed E-state index contributed by atoms with van der Waals surface area (Å²) in [5.41, 5.74) is 4.93. The number of hydrogen-bond donors (Lipinski definition) is 2. The molecule has 1 heterocycles. The Labute approximate surface area is 92.8 Å². The van der Waals surface area contributed by atoms with Crippen molar-refractivity contribution in [3.63, 3.8) is 0 Å². The molecule has 16 heavy (non-hydrogen) atoms. The summed E-state index contributed by atoms with van der Waals surface area (Å²) in [7, 11) is 0. The van der Waals surface area contributed by atoms with Crippen molar-refractivity contribution in [3.05, 3.63) is 18.3 Å². The van der Waals surface area contributed by atoms with Crippen molar-refractivity contribution in [2.24, 2.45) is 5.73 Å². The summed E-state index contributed by atoms with van der Waals surface area (Å²) in [6, 6.07) is 3.34. The summed E-state index contributed by atoms with van der Waals surface area (Å²) in [5.74, 6) is -2.18. The molecule has 90 valence electrons. The number of nitrogens with two attached hydrogens (primary N) is 1. The smallest absolute Gasteiger partial charge is 0.276 e. The van der Waals surface area contributed by atoms with Crippen LogP contribution in [0.15, 0.2) is 18.3 Å². The molecule has 6 heteroatoms. The molecule has 0 fully saturated rings. The minimum atomic E-state index is -2.94. The van der Waals surface area contributed by atoms with E-state index in [2.05, 4.69) is 10.3 Å². The van der Waals surface area contributed by atoms with Crippen LogP contribution in [0.4, 0.5) is 14.6 Å². The van der Waals surface area contributed by atoms with Crippen LogP contribution in [-0.2, 0) is 0 Å². The SMILES string of the molecule is CCOc1cccnc1NCC(F)(F)CN. The van der Waals surface area contributed by atoms with Gasteiger partial charge >= 0.3 is 0 Å². The molecule has 0 amide bonds. The second-order valence-electron chi connectivity index (χ2n) is 3.20. The van der Waals surface area contributed by atoms with Gasteiger partial charge in [-0.3, -0.25) is 0 Å². The normalized spacial score (nSPS) is 11.2. The minimum absolute atomic E-state index is 0.303. The summed E-state index contributed by atoms with van der Waals surface area (Å²) in [5, 5.41) is 2.52. The zero-order valence-corrected chi connectivity index (χ0v) is 9.04. The van der Waals surface area contributed by atoms with Gasteiger partial charge in [-0.15, -0.1) is 0 Å². The predicted octanol–water partition coefficient (Wildman–Crippen LogP) is 1.49. The quantitative estimate of drug-likeness (QED) is 0.778. The van der Waals surface area contributed by atoms with Gasteiger partial charge in [-0.25, -0.2) is 13.8 Å². The van der Waals surface area contributed by atoms with E-state index < -0.39 is 19.0 Å². The first-order valence-corrected chi connectivity index (χ1v) is 4.98. The van der Waals surface area contributed by atoms with Gasteiger partial charge in [0.15, 0.2) is 11.6 Å². The molecule has 0 spiro atoms. The van der Waals surface area contributed by atoms with E-state index in [1.165, 1.54) is 6.20 Å². The van der Waals surface area contributed by atoms with E-state index in [0.29, 0.717) is 18.2 Å². The van der Waals surface area contributed by atoms with Gasteiger partial charge in [0.2, 0.25) is 0 Å². The van der Waals surface area contributed by atoms with Gasteiger partial charge in [0.1, 0.15) is 0 Å². The number of hydrogen-bond acceptors (Lipinski definition) is 4. The van der Waals surface area contributed by atoms with E-state index >= 15 is 0 Å². The summed E-state index contributed by atoms with van der Waals surface area (Å²) in [6.07, 6.45) is 1.51. The number of aromatic nitrogens is 1. The summed E-state index contributed by atoms with van der Waals surface area (Å²) < 4.78 is 31.0. The number of halogens is 2. The van der Waals surface area contributed by atoms with Crippen LogP contribution < -0.4 is 15.8 Å². The van der Waals surface area contributed by atoms with Gasteiger partial charge < -0.3 is 15.8 Å². The first-order valence-electron chi connectivity index (χ1n) is 4.98. The van der Waals surface area contributed by atoms with Gasteiger partial charge in [-0.2, -0.15) is 0 Å². The molecular weight excluding hydrogens is 216 g/mol. The first-order chi connectivity index (χ1) is 7.59. The zero-order chi connectivity index (χ0) is 12.0. The molecule has 1 aromatic rings. The Morgan fingerprint density at radius 2 is 2.31 bits per heavy atom. The molecule has 4 nitrogen and oxygen atoms in total. The van der Waals surface area contributed by atoms with Crippen molar-refractivity contribution >= 4 is 5.82 Å². The van der Waals surface area contributed by atoms with E-state index in [0.717, 1.165) is 0 Å². The first kappa shape index (κ1) is 12.6. The standard InChI is InChI=1S/C10H15F2N3O/c1-2-16-8-4-3-5-14-9(8)15-7-10(11,12)6-13/h3-5H,2,6-7,13H2,1H3,(H,14,15). The fraction of sp³-hybridized carbons (Fsp3) is 0.500. The highest BCUT2D eigenvalue weighted by molar-refractivity contribution is 5.49. The Balaban J connectivity index is 2.66. The van der Waals surface area contributed by atoms with Crippen LogP contribution in [-0.4, -0.2) is 30.6 Å². The fourth-order valence-corrected chi connectivity index (χ4v) is 1.08. The number of rotatable bonds is 6. The zero-order valence-electron chi connectivity index (χ0n) is 9.04. The largest absolute Gasteiger partial charge is 0.490 e. The molecule has 0 aliphatic carbocycles. The molecule has 0 saturated carbocycles. The third-order valence-corrected chi connectivity index (χ3v) is 1.88. The van der Waals surface area contributed by atoms with Gasteiger partial charge in [-0.05, 0) is 19.1 Å². The van der Waals surface area contributed by atoms with E-state index in [1.807, 2.05) is 6.92 Å². The molecule has 0 radical (unpaired) electrons. The minimum Gasteiger partial charge on any atom is -0.490 e. The third kappa shape index (κ3) is 3.62. The van der Waals surface area contributed by atoms with Gasteiger partial charge in [-0.1, -0.05) is 0 Å². The second kappa shape index (κ2) is 5.60. The topological polar surface area (TPSA) is 60.2 Å². The Bertz CT molecular complexity index is 334. The summed E-state index contributed by atoms with van der Waals surface area (Å²) in [6.45, 7) is 1.01. The van der Waals surface area contributed by atoms with E-state index in [1.54, 1.807) is 12.1 Å². The molecular formula is C10H15F2N3O. The maximum atomic E-state index is 12.9. The van der Waals surface area contributed by atoms with Crippen molar-refractivity contribution < 1.29 is 13.5 Å². The van der Waals surface area contributed by atoms with Crippen LogP contribution in [0.5, 0.6) is 5.75 Å². The molecule has 3 N–H and O–H groups in total. The lowest BCUT2D eigenvalue weighted by molar-refractivity contribution is 0.0252. The Hall–Kier alpha value is -1.43. The number of nitrogens with zero attached hydrogens (tertiary/aromatic N) is 1. The van der Waals surface area contributed by atoms with Crippen molar-refractivity contribution in [3.8, 4) is 5.75 Å². The number of ether oxygens (including phenoxy) is 1. The average molecular weight is 231 g/mol. The van der Waals surface area contributed by atoms with Gasteiger partial charge in [0, 0.05) is 6.20 Å². The molecule has 1 rings (SSSR count). The highest BCUT2D eigenvalue weighted by Gasteiger charge is 2.26. The molecule has 0 bridgehead atoms. The van der Waals surface area contributed by atoms with Crippen LogP contribution in [0, 0.1) is 0 Å². The van der Waals surface area contributed by atoms with E-state index in [9.17, 15) is 8.78 Å². The number of nitrogens with one attached hydrogen (secondary N) is 1.